The average molecular weight is 234 g/mol. The third-order valence-corrected chi connectivity index (χ3v) is 4.39. The Morgan fingerprint density at radius 1 is 1.24 bits per heavy atom. The quantitative estimate of drug-likeness (QED) is 0.655. The zero-order valence-electron chi connectivity index (χ0n) is 10.7. The number of hydrogen-bond acceptors (Lipinski definition) is 2. The number of amides is 1. The summed E-state index contributed by atoms with van der Waals surface area (Å²) in [6.07, 6.45) is 8.13. The van der Waals surface area contributed by atoms with Gasteiger partial charge in [0, 0.05) is 12.6 Å². The molecule has 2 fully saturated rings. The molecule has 0 bridgehead atoms. The van der Waals surface area contributed by atoms with E-state index in [0.717, 1.165) is 45.1 Å². The summed E-state index contributed by atoms with van der Waals surface area (Å²) in [6, 6.07) is 2.69. The van der Waals surface area contributed by atoms with Crippen molar-refractivity contribution < 1.29 is 4.79 Å². The first-order valence-electron chi connectivity index (χ1n) is 6.92. The van der Waals surface area contributed by atoms with Crippen LogP contribution in [0.4, 0.5) is 0 Å². The second kappa shape index (κ2) is 5.08. The van der Waals surface area contributed by atoms with Crippen LogP contribution in [0.3, 0.4) is 0 Å². The molecular formula is C14H22N2O. The van der Waals surface area contributed by atoms with Crippen LogP contribution in [0, 0.1) is 16.7 Å². The predicted octanol–water partition coefficient (Wildman–Crippen LogP) is 2.86. The number of rotatable bonds is 1. The Morgan fingerprint density at radius 2 is 1.88 bits per heavy atom. The lowest BCUT2D eigenvalue weighted by Gasteiger charge is -2.31. The predicted molar refractivity (Wildman–Crippen MR) is 66.2 cm³/mol. The van der Waals surface area contributed by atoms with Crippen molar-refractivity contribution in [2.24, 2.45) is 5.41 Å². The van der Waals surface area contributed by atoms with E-state index in [-0.39, 0.29) is 5.91 Å². The topological polar surface area (TPSA) is 44.1 Å². The van der Waals surface area contributed by atoms with Crippen molar-refractivity contribution in [3.63, 3.8) is 0 Å². The van der Waals surface area contributed by atoms with E-state index >= 15 is 0 Å². The Labute approximate surface area is 104 Å². The number of hydrogen-bond donors (Lipinski definition) is 0. The van der Waals surface area contributed by atoms with Gasteiger partial charge in [0.2, 0.25) is 5.91 Å². The maximum absolute atomic E-state index is 12.6. The minimum Gasteiger partial charge on any atom is -0.339 e. The monoisotopic (exact) mass is 234 g/mol. The molecule has 3 nitrogen and oxygen atoms in total. The van der Waals surface area contributed by atoms with Crippen molar-refractivity contribution in [3.8, 4) is 6.07 Å². The highest BCUT2D eigenvalue weighted by molar-refractivity contribution is 5.86. The lowest BCUT2D eigenvalue weighted by molar-refractivity contribution is -0.140. The first-order chi connectivity index (χ1) is 8.19. The summed E-state index contributed by atoms with van der Waals surface area (Å²) in [5.41, 5.74) is -0.699. The van der Waals surface area contributed by atoms with E-state index in [1.54, 1.807) is 0 Å². The fourth-order valence-corrected chi connectivity index (χ4v) is 3.22. The molecule has 0 radical (unpaired) electrons. The van der Waals surface area contributed by atoms with Crippen molar-refractivity contribution in [2.75, 3.05) is 6.54 Å². The smallest absolute Gasteiger partial charge is 0.243 e. The van der Waals surface area contributed by atoms with Crippen LogP contribution in [0.1, 0.15) is 58.3 Å². The molecule has 17 heavy (non-hydrogen) atoms. The maximum atomic E-state index is 12.6. The molecule has 94 valence electrons. The van der Waals surface area contributed by atoms with E-state index in [0.29, 0.717) is 6.04 Å². The Morgan fingerprint density at radius 3 is 2.35 bits per heavy atom. The van der Waals surface area contributed by atoms with Gasteiger partial charge in [-0.25, -0.2) is 0 Å². The van der Waals surface area contributed by atoms with Crippen molar-refractivity contribution in [2.45, 2.75) is 64.3 Å². The molecule has 1 aliphatic heterocycles. The normalized spacial score (nSPS) is 28.5. The Kier molecular flexibility index (Phi) is 3.71. The van der Waals surface area contributed by atoms with Crippen molar-refractivity contribution in [3.05, 3.63) is 0 Å². The van der Waals surface area contributed by atoms with Gasteiger partial charge in [-0.3, -0.25) is 4.79 Å². The van der Waals surface area contributed by atoms with Crippen LogP contribution < -0.4 is 0 Å². The minimum atomic E-state index is -0.699. The molecule has 1 amide bonds. The number of nitrogens with zero attached hydrogens (tertiary/aromatic N) is 2. The molecule has 2 aliphatic rings. The van der Waals surface area contributed by atoms with Gasteiger partial charge in [-0.15, -0.1) is 0 Å². The lowest BCUT2D eigenvalue weighted by atomic mass is 9.80. The summed E-state index contributed by atoms with van der Waals surface area (Å²) in [5, 5.41) is 9.49. The third-order valence-electron chi connectivity index (χ3n) is 4.39. The highest BCUT2D eigenvalue weighted by Crippen LogP contribution is 2.37. The molecule has 0 spiro atoms. The average Bonchev–Trinajstić information content (AvgIpc) is 2.64. The standard InChI is InChI=1S/C14H22N2O/c1-12-7-6-10-16(12)13(17)14(11-15)8-4-2-3-5-9-14/h12H,2-10H2,1H3. The van der Waals surface area contributed by atoms with Gasteiger partial charge in [-0.05, 0) is 32.6 Å². The van der Waals surface area contributed by atoms with Crippen LogP contribution in [0.25, 0.3) is 0 Å². The molecule has 0 aromatic heterocycles. The van der Waals surface area contributed by atoms with Gasteiger partial charge < -0.3 is 4.90 Å². The fraction of sp³-hybridized carbons (Fsp3) is 0.857. The van der Waals surface area contributed by atoms with Gasteiger partial charge in [-0.2, -0.15) is 5.26 Å². The summed E-state index contributed by atoms with van der Waals surface area (Å²) in [5.74, 6) is 0.118. The van der Waals surface area contributed by atoms with Gasteiger partial charge in [0.25, 0.3) is 0 Å². The van der Waals surface area contributed by atoms with Gasteiger partial charge in [0.15, 0.2) is 0 Å². The van der Waals surface area contributed by atoms with Gasteiger partial charge in [0.1, 0.15) is 5.41 Å². The zero-order chi connectivity index (χ0) is 12.3. The van der Waals surface area contributed by atoms with Crippen LogP contribution in [0.15, 0.2) is 0 Å². The fourth-order valence-electron chi connectivity index (χ4n) is 3.22. The van der Waals surface area contributed by atoms with Crippen molar-refractivity contribution in [1.29, 1.82) is 5.26 Å². The molecule has 0 aromatic rings. The molecule has 0 N–H and O–H groups in total. The van der Waals surface area contributed by atoms with Gasteiger partial charge in [0.05, 0.1) is 6.07 Å². The van der Waals surface area contributed by atoms with Crippen LogP contribution >= 0.6 is 0 Å². The highest BCUT2D eigenvalue weighted by Gasteiger charge is 2.43. The summed E-state index contributed by atoms with van der Waals surface area (Å²) in [7, 11) is 0. The Balaban J connectivity index is 2.16. The van der Waals surface area contributed by atoms with Crippen LogP contribution in [-0.2, 0) is 4.79 Å². The zero-order valence-corrected chi connectivity index (χ0v) is 10.7. The molecule has 0 aromatic carbocycles. The minimum absolute atomic E-state index is 0.118. The first-order valence-corrected chi connectivity index (χ1v) is 6.92. The first kappa shape index (κ1) is 12.4. The highest BCUT2D eigenvalue weighted by atomic mass is 16.2. The second-order valence-corrected chi connectivity index (χ2v) is 5.60. The molecular weight excluding hydrogens is 212 g/mol. The van der Waals surface area contributed by atoms with Gasteiger partial charge in [-0.1, -0.05) is 25.7 Å². The van der Waals surface area contributed by atoms with Crippen molar-refractivity contribution >= 4 is 5.91 Å². The van der Waals surface area contributed by atoms with Crippen LogP contribution in [0.5, 0.6) is 0 Å². The van der Waals surface area contributed by atoms with E-state index < -0.39 is 5.41 Å². The molecule has 1 atom stereocenters. The summed E-state index contributed by atoms with van der Waals surface area (Å²) < 4.78 is 0. The summed E-state index contributed by atoms with van der Waals surface area (Å²) in [4.78, 5) is 14.6. The Bertz CT molecular complexity index is 324. The number of carbonyl (C=O) groups is 1. The van der Waals surface area contributed by atoms with Crippen LogP contribution in [0.2, 0.25) is 0 Å². The molecule has 1 heterocycles. The van der Waals surface area contributed by atoms with E-state index in [1.807, 2.05) is 4.90 Å². The molecule has 3 heteroatoms. The lowest BCUT2D eigenvalue weighted by Crippen LogP contribution is -2.44. The van der Waals surface area contributed by atoms with E-state index in [9.17, 15) is 10.1 Å². The van der Waals surface area contributed by atoms with E-state index in [1.165, 1.54) is 12.8 Å². The molecule has 1 aliphatic carbocycles. The summed E-state index contributed by atoms with van der Waals surface area (Å²) in [6.45, 7) is 2.95. The van der Waals surface area contributed by atoms with E-state index in [4.69, 9.17) is 0 Å². The second-order valence-electron chi connectivity index (χ2n) is 5.60. The number of carbonyl (C=O) groups excluding carboxylic acids is 1. The molecule has 1 unspecified atom stereocenters. The van der Waals surface area contributed by atoms with Gasteiger partial charge >= 0.3 is 0 Å². The molecule has 1 saturated heterocycles. The Hall–Kier alpha value is -1.04. The largest absolute Gasteiger partial charge is 0.339 e. The molecule has 2 rings (SSSR count). The number of nitriles is 1. The van der Waals surface area contributed by atoms with E-state index in [2.05, 4.69) is 13.0 Å². The third kappa shape index (κ3) is 2.31. The SMILES string of the molecule is CC1CCCN1C(=O)C1(C#N)CCCCCC1. The molecule has 1 saturated carbocycles. The van der Waals surface area contributed by atoms with Crippen LogP contribution in [-0.4, -0.2) is 23.4 Å². The number of likely N-dealkylation sites (tertiary alicyclic amines) is 1. The maximum Gasteiger partial charge on any atom is 0.243 e. The van der Waals surface area contributed by atoms with Crippen molar-refractivity contribution in [1.82, 2.24) is 4.90 Å². The summed E-state index contributed by atoms with van der Waals surface area (Å²) >= 11 is 0.